The minimum atomic E-state index is -0.419. The molecule has 17 heavy (non-hydrogen) atoms. The molecule has 0 saturated carbocycles. The third-order valence-corrected chi connectivity index (χ3v) is 3.11. The number of ether oxygens (including phenoxy) is 1. The average Bonchev–Trinajstić information content (AvgIpc) is 2.73. The van der Waals surface area contributed by atoms with Crippen LogP contribution in [0.25, 0.3) is 11.4 Å². The summed E-state index contributed by atoms with van der Waals surface area (Å²) in [5.74, 6) is -0.419. The number of hydrogen-bond acceptors (Lipinski definition) is 5. The van der Waals surface area contributed by atoms with Gasteiger partial charge in [-0.25, -0.2) is 9.78 Å². The molecule has 0 spiro atoms. The molecule has 0 radical (unpaired) electrons. The van der Waals surface area contributed by atoms with Crippen molar-refractivity contribution in [2.75, 3.05) is 6.61 Å². The SMILES string of the molecule is CCOC(=O)c1sc(Cl)nc1-c1ccccn1. The molecule has 0 aliphatic carbocycles. The van der Waals surface area contributed by atoms with Crippen molar-refractivity contribution in [2.45, 2.75) is 6.92 Å². The molecule has 0 aromatic carbocycles. The fourth-order valence-corrected chi connectivity index (χ4v) is 2.32. The molecule has 0 fully saturated rings. The Morgan fingerprint density at radius 2 is 2.35 bits per heavy atom. The Balaban J connectivity index is 2.44. The number of halogens is 1. The van der Waals surface area contributed by atoms with Crippen LogP contribution in [0.3, 0.4) is 0 Å². The second kappa shape index (κ2) is 5.25. The van der Waals surface area contributed by atoms with E-state index in [4.69, 9.17) is 16.3 Å². The molecule has 2 aromatic rings. The zero-order valence-corrected chi connectivity index (χ0v) is 10.6. The molecule has 0 aliphatic rings. The van der Waals surface area contributed by atoms with Crippen molar-refractivity contribution in [2.24, 2.45) is 0 Å². The summed E-state index contributed by atoms with van der Waals surface area (Å²) in [6.07, 6.45) is 1.64. The number of thiazole rings is 1. The number of nitrogens with zero attached hydrogens (tertiary/aromatic N) is 2. The van der Waals surface area contributed by atoms with Crippen LogP contribution < -0.4 is 0 Å². The van der Waals surface area contributed by atoms with Crippen molar-refractivity contribution in [1.29, 1.82) is 0 Å². The molecule has 0 aliphatic heterocycles. The number of carbonyl (C=O) groups is 1. The van der Waals surface area contributed by atoms with Crippen molar-refractivity contribution in [3.63, 3.8) is 0 Å². The highest BCUT2D eigenvalue weighted by Crippen LogP contribution is 2.30. The van der Waals surface area contributed by atoms with Gasteiger partial charge in [-0.05, 0) is 19.1 Å². The summed E-state index contributed by atoms with van der Waals surface area (Å²) in [4.78, 5) is 20.3. The van der Waals surface area contributed by atoms with Gasteiger partial charge >= 0.3 is 5.97 Å². The van der Waals surface area contributed by atoms with E-state index in [0.29, 0.717) is 27.3 Å². The summed E-state index contributed by atoms with van der Waals surface area (Å²) < 4.78 is 5.25. The van der Waals surface area contributed by atoms with Gasteiger partial charge < -0.3 is 4.74 Å². The van der Waals surface area contributed by atoms with Gasteiger partial charge in [-0.2, -0.15) is 0 Å². The van der Waals surface area contributed by atoms with Crippen molar-refractivity contribution < 1.29 is 9.53 Å². The average molecular weight is 269 g/mol. The summed E-state index contributed by atoms with van der Waals surface area (Å²) in [7, 11) is 0. The van der Waals surface area contributed by atoms with Gasteiger partial charge in [-0.1, -0.05) is 29.0 Å². The number of esters is 1. The minimum absolute atomic E-state index is 0.300. The lowest BCUT2D eigenvalue weighted by Gasteiger charge is -2.01. The standard InChI is InChI=1S/C11H9ClN2O2S/c1-2-16-10(15)9-8(14-11(12)17-9)7-5-3-4-6-13-7/h3-6H,2H2,1H3. The quantitative estimate of drug-likeness (QED) is 0.803. The van der Waals surface area contributed by atoms with E-state index in [2.05, 4.69) is 9.97 Å². The second-order valence-corrected chi connectivity index (χ2v) is 4.66. The summed E-state index contributed by atoms with van der Waals surface area (Å²) in [6.45, 7) is 2.07. The van der Waals surface area contributed by atoms with Crippen LogP contribution in [0.1, 0.15) is 16.6 Å². The third kappa shape index (κ3) is 2.62. The molecule has 4 nitrogen and oxygen atoms in total. The Kier molecular flexibility index (Phi) is 3.71. The lowest BCUT2D eigenvalue weighted by atomic mass is 10.2. The number of pyridine rings is 1. The highest BCUT2D eigenvalue weighted by molar-refractivity contribution is 7.17. The van der Waals surface area contributed by atoms with Crippen LogP contribution in [-0.2, 0) is 4.74 Å². The van der Waals surface area contributed by atoms with Crippen molar-refractivity contribution in [3.8, 4) is 11.4 Å². The molecular formula is C11H9ClN2O2S. The van der Waals surface area contributed by atoms with Crippen LogP contribution >= 0.6 is 22.9 Å². The largest absolute Gasteiger partial charge is 0.462 e. The van der Waals surface area contributed by atoms with Gasteiger partial charge in [0.05, 0.1) is 12.3 Å². The minimum Gasteiger partial charge on any atom is -0.462 e. The molecule has 0 amide bonds. The van der Waals surface area contributed by atoms with Gasteiger partial charge in [-0.15, -0.1) is 0 Å². The second-order valence-electron chi connectivity index (χ2n) is 3.08. The normalized spacial score (nSPS) is 10.2. The molecule has 2 heterocycles. The van der Waals surface area contributed by atoms with Gasteiger partial charge in [0.2, 0.25) is 0 Å². The Hall–Kier alpha value is -1.46. The van der Waals surface area contributed by atoms with Crippen LogP contribution in [0.4, 0.5) is 0 Å². The van der Waals surface area contributed by atoms with Crippen molar-refractivity contribution in [1.82, 2.24) is 9.97 Å². The predicted octanol–water partition coefficient (Wildman–Crippen LogP) is 3.04. The van der Waals surface area contributed by atoms with E-state index in [1.807, 2.05) is 6.07 Å². The van der Waals surface area contributed by atoms with E-state index in [9.17, 15) is 4.79 Å². The molecule has 0 bridgehead atoms. The molecule has 0 unspecified atom stereocenters. The molecule has 2 aromatic heterocycles. The molecule has 2 rings (SSSR count). The third-order valence-electron chi connectivity index (χ3n) is 1.97. The first-order chi connectivity index (χ1) is 8.22. The van der Waals surface area contributed by atoms with Gasteiger partial charge in [-0.3, -0.25) is 4.98 Å². The van der Waals surface area contributed by atoms with E-state index in [1.54, 1.807) is 25.3 Å². The van der Waals surface area contributed by atoms with Crippen LogP contribution in [0.15, 0.2) is 24.4 Å². The maximum Gasteiger partial charge on any atom is 0.350 e. The smallest absolute Gasteiger partial charge is 0.350 e. The fraction of sp³-hybridized carbons (Fsp3) is 0.182. The van der Waals surface area contributed by atoms with Gasteiger partial charge in [0.15, 0.2) is 4.47 Å². The zero-order chi connectivity index (χ0) is 12.3. The summed E-state index contributed by atoms with van der Waals surface area (Å²) in [5, 5.41) is 0. The molecule has 0 N–H and O–H groups in total. The van der Waals surface area contributed by atoms with E-state index in [-0.39, 0.29) is 0 Å². The van der Waals surface area contributed by atoms with E-state index < -0.39 is 5.97 Å². The van der Waals surface area contributed by atoms with Crippen LogP contribution in [0.2, 0.25) is 4.47 Å². The first kappa shape index (κ1) is 12.0. The van der Waals surface area contributed by atoms with Gasteiger partial charge in [0.1, 0.15) is 10.6 Å². The molecule has 6 heteroatoms. The summed E-state index contributed by atoms with van der Waals surface area (Å²) >= 11 is 6.93. The predicted molar refractivity (Wildman–Crippen MR) is 66.3 cm³/mol. The first-order valence-electron chi connectivity index (χ1n) is 4.97. The van der Waals surface area contributed by atoms with Crippen LogP contribution in [0, 0.1) is 0 Å². The molecule has 0 atom stereocenters. The van der Waals surface area contributed by atoms with Gasteiger partial charge in [0.25, 0.3) is 0 Å². The topological polar surface area (TPSA) is 52.1 Å². The van der Waals surface area contributed by atoms with Crippen LogP contribution in [0.5, 0.6) is 0 Å². The Morgan fingerprint density at radius 3 is 3.00 bits per heavy atom. The van der Waals surface area contributed by atoms with Crippen molar-refractivity contribution >= 4 is 28.9 Å². The first-order valence-corrected chi connectivity index (χ1v) is 6.16. The Labute approximate surface area is 107 Å². The maximum atomic E-state index is 11.7. The lowest BCUT2D eigenvalue weighted by Crippen LogP contribution is -2.04. The van der Waals surface area contributed by atoms with Gasteiger partial charge in [0, 0.05) is 6.20 Å². The molecule has 88 valence electrons. The lowest BCUT2D eigenvalue weighted by molar-refractivity contribution is 0.0532. The number of rotatable bonds is 3. The summed E-state index contributed by atoms with van der Waals surface area (Å²) in [6, 6.07) is 5.39. The number of hydrogen-bond donors (Lipinski definition) is 0. The monoisotopic (exact) mass is 268 g/mol. The van der Waals surface area contributed by atoms with E-state index >= 15 is 0 Å². The van der Waals surface area contributed by atoms with E-state index in [1.165, 1.54) is 0 Å². The maximum absolute atomic E-state index is 11.7. The Bertz CT molecular complexity index is 528. The number of aromatic nitrogens is 2. The number of carbonyl (C=O) groups excluding carboxylic acids is 1. The fourth-order valence-electron chi connectivity index (χ4n) is 1.31. The summed E-state index contributed by atoms with van der Waals surface area (Å²) in [5.41, 5.74) is 1.08. The zero-order valence-electron chi connectivity index (χ0n) is 9.01. The van der Waals surface area contributed by atoms with Crippen molar-refractivity contribution in [3.05, 3.63) is 33.7 Å². The Morgan fingerprint density at radius 1 is 1.53 bits per heavy atom. The molecular weight excluding hydrogens is 260 g/mol. The highest BCUT2D eigenvalue weighted by Gasteiger charge is 2.20. The highest BCUT2D eigenvalue weighted by atomic mass is 35.5. The molecule has 0 saturated heterocycles. The van der Waals surface area contributed by atoms with E-state index in [0.717, 1.165) is 11.3 Å². The van der Waals surface area contributed by atoms with Crippen LogP contribution in [-0.4, -0.2) is 22.5 Å².